The number of carbonyl (C=O) groups excluding carboxylic acids is 1. The van der Waals surface area contributed by atoms with Gasteiger partial charge in [-0.1, -0.05) is 19.9 Å². The normalized spacial score (nSPS) is 11.2. The highest BCUT2D eigenvalue weighted by molar-refractivity contribution is 5.79. The number of aryl methyl sites for hydroxylation is 2. The summed E-state index contributed by atoms with van der Waals surface area (Å²) in [5.41, 5.74) is 8.93. The molecule has 31 heavy (non-hydrogen) atoms. The molecule has 0 bridgehead atoms. The molecule has 0 aliphatic rings. The maximum Gasteiger partial charge on any atom is 0.254 e. The summed E-state index contributed by atoms with van der Waals surface area (Å²) in [6, 6.07) is 5.69. The van der Waals surface area contributed by atoms with Crippen LogP contribution in [-0.4, -0.2) is 39.2 Å². The van der Waals surface area contributed by atoms with E-state index in [9.17, 15) is 4.79 Å². The smallest absolute Gasteiger partial charge is 0.254 e. The zero-order chi connectivity index (χ0) is 22.5. The van der Waals surface area contributed by atoms with Gasteiger partial charge in [-0.15, -0.1) is 5.10 Å². The van der Waals surface area contributed by atoms with Crippen LogP contribution in [0.15, 0.2) is 18.2 Å². The highest BCUT2D eigenvalue weighted by Gasteiger charge is 2.15. The van der Waals surface area contributed by atoms with E-state index in [-0.39, 0.29) is 18.3 Å². The summed E-state index contributed by atoms with van der Waals surface area (Å²) in [5.74, 6) is 2.40. The Labute approximate surface area is 182 Å². The lowest BCUT2D eigenvalue weighted by Gasteiger charge is -2.14. The van der Waals surface area contributed by atoms with Crippen molar-refractivity contribution in [2.45, 2.75) is 47.1 Å². The highest BCUT2D eigenvalue weighted by atomic mass is 16.5. The van der Waals surface area contributed by atoms with Gasteiger partial charge in [-0.05, 0) is 43.9 Å². The standard InChI is InChI=1S/C22H30N6O3/c1-13(2)8-9-31-18-7-6-16(10-19(18)30-5)12-24-20(29)11-17-14(3)25-22-26-21(23)27-28(22)15(17)4/h6-7,10,13H,8-9,11-12H2,1-5H3,(H2,23,27)(H,24,29). The molecule has 0 unspecified atom stereocenters. The number of ether oxygens (including phenoxy) is 2. The van der Waals surface area contributed by atoms with Crippen LogP contribution in [0.1, 0.15) is 42.8 Å². The van der Waals surface area contributed by atoms with E-state index in [0.717, 1.165) is 28.9 Å². The fourth-order valence-electron chi connectivity index (χ4n) is 3.25. The van der Waals surface area contributed by atoms with Crippen molar-refractivity contribution in [2.75, 3.05) is 19.5 Å². The number of rotatable bonds is 9. The zero-order valence-corrected chi connectivity index (χ0v) is 18.7. The average molecular weight is 427 g/mol. The van der Waals surface area contributed by atoms with E-state index in [1.807, 2.05) is 32.0 Å². The number of hydrogen-bond donors (Lipinski definition) is 2. The maximum absolute atomic E-state index is 12.6. The number of carbonyl (C=O) groups is 1. The first-order valence-electron chi connectivity index (χ1n) is 10.3. The number of amides is 1. The number of nitrogens with two attached hydrogens (primary N) is 1. The Hall–Kier alpha value is -3.36. The Kier molecular flexibility index (Phi) is 6.94. The Bertz CT molecular complexity index is 1080. The topological polar surface area (TPSA) is 117 Å². The Morgan fingerprint density at radius 1 is 1.23 bits per heavy atom. The molecule has 0 atom stereocenters. The van der Waals surface area contributed by atoms with Crippen LogP contribution in [0.4, 0.5) is 5.95 Å². The van der Waals surface area contributed by atoms with Crippen molar-refractivity contribution in [1.29, 1.82) is 0 Å². The molecule has 0 saturated heterocycles. The van der Waals surface area contributed by atoms with Crippen molar-refractivity contribution in [2.24, 2.45) is 5.92 Å². The number of nitrogens with zero attached hydrogens (tertiary/aromatic N) is 4. The van der Waals surface area contributed by atoms with E-state index in [4.69, 9.17) is 15.2 Å². The summed E-state index contributed by atoms with van der Waals surface area (Å²) in [6.45, 7) is 9.06. The second kappa shape index (κ2) is 9.63. The third-order valence-electron chi connectivity index (χ3n) is 5.07. The Balaban J connectivity index is 1.64. The average Bonchev–Trinajstić information content (AvgIpc) is 3.10. The van der Waals surface area contributed by atoms with Gasteiger partial charge in [0.25, 0.3) is 5.78 Å². The number of methoxy groups -OCH3 is 1. The molecule has 0 fully saturated rings. The number of hydrogen-bond acceptors (Lipinski definition) is 7. The van der Waals surface area contributed by atoms with Crippen molar-refractivity contribution in [3.63, 3.8) is 0 Å². The molecule has 0 radical (unpaired) electrons. The van der Waals surface area contributed by atoms with Crippen LogP contribution < -0.4 is 20.5 Å². The monoisotopic (exact) mass is 426 g/mol. The molecule has 9 heteroatoms. The number of fused-ring (bicyclic) bond motifs is 1. The number of benzene rings is 1. The highest BCUT2D eigenvalue weighted by Crippen LogP contribution is 2.28. The molecule has 2 heterocycles. The van der Waals surface area contributed by atoms with E-state index in [0.29, 0.717) is 36.3 Å². The van der Waals surface area contributed by atoms with Crippen molar-refractivity contribution in [3.05, 3.63) is 40.7 Å². The Morgan fingerprint density at radius 3 is 2.71 bits per heavy atom. The molecule has 0 aliphatic carbocycles. The van der Waals surface area contributed by atoms with Gasteiger partial charge in [0.1, 0.15) is 0 Å². The van der Waals surface area contributed by atoms with Crippen molar-refractivity contribution in [3.8, 4) is 11.5 Å². The first-order chi connectivity index (χ1) is 14.8. The molecule has 3 aromatic rings. The predicted molar refractivity (Wildman–Crippen MR) is 118 cm³/mol. The van der Waals surface area contributed by atoms with Crippen molar-refractivity contribution >= 4 is 17.6 Å². The minimum absolute atomic E-state index is 0.114. The lowest BCUT2D eigenvalue weighted by atomic mass is 10.1. The van der Waals surface area contributed by atoms with Crippen LogP contribution in [0.2, 0.25) is 0 Å². The quantitative estimate of drug-likeness (QED) is 0.540. The molecule has 3 N–H and O–H groups in total. The third kappa shape index (κ3) is 5.42. The molecule has 166 valence electrons. The zero-order valence-electron chi connectivity index (χ0n) is 18.7. The predicted octanol–water partition coefficient (Wildman–Crippen LogP) is 2.62. The SMILES string of the molecule is COc1cc(CNC(=O)Cc2c(C)nc3nc(N)nn3c2C)ccc1OCCC(C)C. The van der Waals surface area contributed by atoms with E-state index in [1.54, 1.807) is 11.6 Å². The third-order valence-corrected chi connectivity index (χ3v) is 5.07. The minimum atomic E-state index is -0.114. The molecule has 0 saturated carbocycles. The van der Waals surface area contributed by atoms with E-state index < -0.39 is 0 Å². The fraction of sp³-hybridized carbons (Fsp3) is 0.455. The summed E-state index contributed by atoms with van der Waals surface area (Å²) >= 11 is 0. The molecule has 0 aliphatic heterocycles. The number of nitrogens with one attached hydrogen (secondary N) is 1. The van der Waals surface area contributed by atoms with Gasteiger partial charge in [-0.3, -0.25) is 4.79 Å². The van der Waals surface area contributed by atoms with Crippen LogP contribution in [0.5, 0.6) is 11.5 Å². The lowest BCUT2D eigenvalue weighted by Crippen LogP contribution is -2.26. The number of nitrogen functional groups attached to an aromatic ring is 1. The summed E-state index contributed by atoms with van der Waals surface area (Å²) in [6.07, 6.45) is 1.16. The fourth-order valence-corrected chi connectivity index (χ4v) is 3.25. The largest absolute Gasteiger partial charge is 0.493 e. The molecule has 2 aromatic heterocycles. The van der Waals surface area contributed by atoms with Gasteiger partial charge in [0.05, 0.1) is 20.1 Å². The molecule has 3 rings (SSSR count). The molecule has 9 nitrogen and oxygen atoms in total. The second-order valence-electron chi connectivity index (χ2n) is 7.91. The van der Waals surface area contributed by atoms with Crippen LogP contribution >= 0.6 is 0 Å². The van der Waals surface area contributed by atoms with Gasteiger partial charge in [-0.2, -0.15) is 9.50 Å². The van der Waals surface area contributed by atoms with Crippen molar-refractivity contribution in [1.82, 2.24) is 24.9 Å². The van der Waals surface area contributed by atoms with Gasteiger partial charge in [0, 0.05) is 23.5 Å². The lowest BCUT2D eigenvalue weighted by molar-refractivity contribution is -0.120. The molecule has 1 amide bonds. The molecule has 1 aromatic carbocycles. The summed E-state index contributed by atoms with van der Waals surface area (Å²) in [7, 11) is 1.61. The van der Waals surface area contributed by atoms with Crippen LogP contribution in [0, 0.1) is 19.8 Å². The maximum atomic E-state index is 12.6. The van der Waals surface area contributed by atoms with Gasteiger partial charge in [0.15, 0.2) is 11.5 Å². The molecular weight excluding hydrogens is 396 g/mol. The minimum Gasteiger partial charge on any atom is -0.493 e. The summed E-state index contributed by atoms with van der Waals surface area (Å²) in [4.78, 5) is 21.1. The molecule has 0 spiro atoms. The number of aromatic nitrogens is 4. The van der Waals surface area contributed by atoms with Crippen LogP contribution in [0.3, 0.4) is 0 Å². The van der Waals surface area contributed by atoms with Crippen LogP contribution in [0.25, 0.3) is 5.78 Å². The molecular formula is C22H30N6O3. The van der Waals surface area contributed by atoms with Gasteiger partial charge in [0.2, 0.25) is 11.9 Å². The van der Waals surface area contributed by atoms with Gasteiger partial charge < -0.3 is 20.5 Å². The van der Waals surface area contributed by atoms with E-state index in [1.165, 1.54) is 0 Å². The summed E-state index contributed by atoms with van der Waals surface area (Å²) in [5, 5.41) is 7.09. The van der Waals surface area contributed by atoms with Crippen molar-refractivity contribution < 1.29 is 14.3 Å². The van der Waals surface area contributed by atoms with Gasteiger partial charge in [-0.25, -0.2) is 4.98 Å². The van der Waals surface area contributed by atoms with Crippen LogP contribution in [-0.2, 0) is 17.8 Å². The summed E-state index contributed by atoms with van der Waals surface area (Å²) < 4.78 is 12.8. The number of anilines is 1. The van der Waals surface area contributed by atoms with E-state index >= 15 is 0 Å². The van der Waals surface area contributed by atoms with E-state index in [2.05, 4.69) is 34.2 Å². The first kappa shape index (κ1) is 22.3. The first-order valence-corrected chi connectivity index (χ1v) is 10.3. The second-order valence-corrected chi connectivity index (χ2v) is 7.91. The van der Waals surface area contributed by atoms with Gasteiger partial charge >= 0.3 is 0 Å². The Morgan fingerprint density at radius 2 is 2.00 bits per heavy atom.